The summed E-state index contributed by atoms with van der Waals surface area (Å²) in [4.78, 5) is 0. The lowest BCUT2D eigenvalue weighted by Gasteiger charge is -2.26. The van der Waals surface area contributed by atoms with Gasteiger partial charge in [-0.05, 0) is 28.8 Å². The molecule has 2 aromatic carbocycles. The summed E-state index contributed by atoms with van der Waals surface area (Å²) < 4.78 is 1.13. The molecule has 1 atom stereocenters. The predicted molar refractivity (Wildman–Crippen MR) is 86.3 cm³/mol. The second-order valence-corrected chi connectivity index (χ2v) is 6.72. The summed E-state index contributed by atoms with van der Waals surface area (Å²) in [6.07, 6.45) is 0. The molecule has 0 aliphatic carbocycles. The van der Waals surface area contributed by atoms with Crippen LogP contribution in [0.25, 0.3) is 0 Å². The number of benzene rings is 2. The molecule has 1 heterocycles. The van der Waals surface area contributed by atoms with Crippen LogP contribution in [0.5, 0.6) is 0 Å². The van der Waals surface area contributed by atoms with Gasteiger partial charge < -0.3 is 5.32 Å². The molecule has 2 aromatic rings. The van der Waals surface area contributed by atoms with E-state index in [0.29, 0.717) is 6.04 Å². The molecule has 0 bridgehead atoms. The molecule has 1 nitrogen and oxygen atoms in total. The minimum absolute atomic E-state index is 0.471. The van der Waals surface area contributed by atoms with E-state index in [-0.39, 0.29) is 0 Å². The number of hydrogen-bond acceptors (Lipinski definition) is 2. The van der Waals surface area contributed by atoms with Gasteiger partial charge in [0.15, 0.2) is 0 Å². The molecule has 1 aliphatic rings. The van der Waals surface area contributed by atoms with Crippen LogP contribution >= 0.6 is 27.7 Å². The lowest BCUT2D eigenvalue weighted by Crippen LogP contribution is -2.26. The zero-order chi connectivity index (χ0) is 13.1. The third-order valence-corrected chi connectivity index (χ3v) is 5.05. The van der Waals surface area contributed by atoms with E-state index in [2.05, 4.69) is 69.8 Å². The average Bonchev–Trinajstić information content (AvgIpc) is 2.47. The van der Waals surface area contributed by atoms with Gasteiger partial charge in [0.25, 0.3) is 0 Å². The van der Waals surface area contributed by atoms with Gasteiger partial charge in [-0.15, -0.1) is 0 Å². The molecule has 0 fully saturated rings. The Kier molecular flexibility index (Phi) is 4.26. The molecular formula is C16H16BrNS. The van der Waals surface area contributed by atoms with E-state index in [1.807, 2.05) is 11.8 Å². The maximum Gasteiger partial charge on any atom is 0.0417 e. The molecule has 1 unspecified atom stereocenters. The Hall–Kier alpha value is -0.770. The van der Waals surface area contributed by atoms with Crippen LogP contribution in [0, 0.1) is 0 Å². The van der Waals surface area contributed by atoms with Gasteiger partial charge in [-0.2, -0.15) is 11.8 Å². The SMILES string of the molecule is Brc1ccc(CNC2CSCc3ccccc32)cc1. The predicted octanol–water partition coefficient (Wildman–Crippen LogP) is 4.53. The van der Waals surface area contributed by atoms with Crippen molar-refractivity contribution in [2.24, 2.45) is 0 Å². The van der Waals surface area contributed by atoms with Crippen LogP contribution < -0.4 is 5.32 Å². The Bertz CT molecular complexity index is 553. The molecule has 0 aromatic heterocycles. The molecule has 3 rings (SSSR count). The Morgan fingerprint density at radius 3 is 2.74 bits per heavy atom. The Morgan fingerprint density at radius 1 is 1.11 bits per heavy atom. The zero-order valence-corrected chi connectivity index (χ0v) is 13.0. The van der Waals surface area contributed by atoms with Crippen molar-refractivity contribution in [3.05, 3.63) is 69.7 Å². The Labute approximate surface area is 126 Å². The van der Waals surface area contributed by atoms with Gasteiger partial charge in [-0.3, -0.25) is 0 Å². The topological polar surface area (TPSA) is 12.0 Å². The molecule has 0 amide bonds. The number of hydrogen-bond donors (Lipinski definition) is 1. The molecule has 0 spiro atoms. The molecule has 1 N–H and O–H groups in total. The van der Waals surface area contributed by atoms with Gasteiger partial charge in [0.05, 0.1) is 0 Å². The van der Waals surface area contributed by atoms with Gasteiger partial charge in [0, 0.05) is 28.6 Å². The third kappa shape index (κ3) is 3.22. The maximum absolute atomic E-state index is 3.68. The molecule has 0 saturated heterocycles. The van der Waals surface area contributed by atoms with E-state index >= 15 is 0 Å². The number of rotatable bonds is 3. The highest BCUT2D eigenvalue weighted by Gasteiger charge is 2.19. The van der Waals surface area contributed by atoms with Crippen LogP contribution in [0.3, 0.4) is 0 Å². The van der Waals surface area contributed by atoms with E-state index in [0.717, 1.165) is 22.5 Å². The van der Waals surface area contributed by atoms with Crippen molar-refractivity contribution in [3.63, 3.8) is 0 Å². The number of nitrogens with one attached hydrogen (secondary N) is 1. The lowest BCUT2D eigenvalue weighted by molar-refractivity contribution is 0.575. The highest BCUT2D eigenvalue weighted by atomic mass is 79.9. The highest BCUT2D eigenvalue weighted by molar-refractivity contribution is 9.10. The normalized spacial score (nSPS) is 18.1. The summed E-state index contributed by atoms with van der Waals surface area (Å²) in [5.41, 5.74) is 4.28. The van der Waals surface area contributed by atoms with Crippen LogP contribution in [-0.4, -0.2) is 5.75 Å². The molecule has 19 heavy (non-hydrogen) atoms. The van der Waals surface area contributed by atoms with Crippen molar-refractivity contribution in [2.75, 3.05) is 5.75 Å². The van der Waals surface area contributed by atoms with Crippen LogP contribution in [0.4, 0.5) is 0 Å². The van der Waals surface area contributed by atoms with Crippen LogP contribution in [0.15, 0.2) is 53.0 Å². The minimum Gasteiger partial charge on any atom is -0.305 e. The van der Waals surface area contributed by atoms with E-state index in [1.165, 1.54) is 16.7 Å². The summed E-state index contributed by atoms with van der Waals surface area (Å²) in [6, 6.07) is 17.8. The monoisotopic (exact) mass is 333 g/mol. The van der Waals surface area contributed by atoms with Gasteiger partial charge in [0.1, 0.15) is 0 Å². The molecule has 0 radical (unpaired) electrons. The van der Waals surface area contributed by atoms with Crippen LogP contribution in [0.1, 0.15) is 22.7 Å². The first-order valence-corrected chi connectivity index (χ1v) is 8.41. The van der Waals surface area contributed by atoms with E-state index in [4.69, 9.17) is 0 Å². The molecular weight excluding hydrogens is 318 g/mol. The quantitative estimate of drug-likeness (QED) is 0.885. The first kappa shape index (κ1) is 13.2. The van der Waals surface area contributed by atoms with Crippen molar-refractivity contribution in [1.82, 2.24) is 5.32 Å². The molecule has 98 valence electrons. The summed E-state index contributed by atoms with van der Waals surface area (Å²) >= 11 is 5.48. The van der Waals surface area contributed by atoms with Crippen LogP contribution in [0.2, 0.25) is 0 Å². The maximum atomic E-state index is 3.68. The summed E-state index contributed by atoms with van der Waals surface area (Å²) in [5, 5.41) is 3.68. The van der Waals surface area contributed by atoms with Crippen molar-refractivity contribution in [1.29, 1.82) is 0 Å². The van der Waals surface area contributed by atoms with Crippen molar-refractivity contribution >= 4 is 27.7 Å². The largest absolute Gasteiger partial charge is 0.305 e. The second-order valence-electron chi connectivity index (χ2n) is 4.77. The number of fused-ring (bicyclic) bond motifs is 1. The van der Waals surface area contributed by atoms with Gasteiger partial charge in [-0.25, -0.2) is 0 Å². The average molecular weight is 334 g/mol. The molecule has 1 aliphatic heterocycles. The van der Waals surface area contributed by atoms with E-state index in [1.54, 1.807) is 0 Å². The van der Waals surface area contributed by atoms with Crippen molar-refractivity contribution in [2.45, 2.75) is 18.3 Å². The van der Waals surface area contributed by atoms with Gasteiger partial charge in [0.2, 0.25) is 0 Å². The summed E-state index contributed by atoms with van der Waals surface area (Å²) in [5.74, 6) is 2.31. The standard InChI is InChI=1S/C16H16BrNS/c17-14-7-5-12(6-8-14)9-18-16-11-19-10-13-3-1-2-4-15(13)16/h1-8,16,18H,9-11H2. The molecule has 0 saturated carbocycles. The fourth-order valence-corrected chi connectivity index (χ4v) is 3.79. The van der Waals surface area contributed by atoms with Crippen molar-refractivity contribution < 1.29 is 0 Å². The summed E-state index contributed by atoms with van der Waals surface area (Å²) in [7, 11) is 0. The first-order chi connectivity index (χ1) is 9.33. The minimum atomic E-state index is 0.471. The fraction of sp³-hybridized carbons (Fsp3) is 0.250. The zero-order valence-electron chi connectivity index (χ0n) is 10.6. The van der Waals surface area contributed by atoms with E-state index < -0.39 is 0 Å². The Balaban J connectivity index is 1.69. The third-order valence-electron chi connectivity index (χ3n) is 3.44. The smallest absolute Gasteiger partial charge is 0.0417 e. The molecule has 3 heteroatoms. The first-order valence-electron chi connectivity index (χ1n) is 6.46. The van der Waals surface area contributed by atoms with Crippen LogP contribution in [-0.2, 0) is 12.3 Å². The van der Waals surface area contributed by atoms with Gasteiger partial charge in [-0.1, -0.05) is 52.3 Å². The second kappa shape index (κ2) is 6.12. The van der Waals surface area contributed by atoms with Gasteiger partial charge >= 0.3 is 0 Å². The number of halogens is 1. The lowest BCUT2D eigenvalue weighted by atomic mass is 10.0. The van der Waals surface area contributed by atoms with E-state index in [9.17, 15) is 0 Å². The summed E-state index contributed by atoms with van der Waals surface area (Å²) in [6.45, 7) is 0.923. The van der Waals surface area contributed by atoms with Crippen molar-refractivity contribution in [3.8, 4) is 0 Å². The fourth-order valence-electron chi connectivity index (χ4n) is 2.39. The highest BCUT2D eigenvalue weighted by Crippen LogP contribution is 2.31. The number of thioether (sulfide) groups is 1. The Morgan fingerprint density at radius 2 is 1.89 bits per heavy atom.